The van der Waals surface area contributed by atoms with Crippen LogP contribution in [0.5, 0.6) is 5.75 Å². The SMILES string of the molecule is CCN(CC)CCN(CCNCCc1ccc(O)c2[nH]c(=O)sc12)C(=O)CCOCCc1cccc(Cl)c1.CS(=O)(=O)O. The molecular formula is C29H43ClN4O7S2. The average Bonchev–Trinajstić information content (AvgIpc) is 3.34. The maximum absolute atomic E-state index is 13.0. The van der Waals surface area contributed by atoms with Crippen molar-refractivity contribution in [3.8, 4) is 5.75 Å². The second-order valence-electron chi connectivity index (χ2n) is 9.85. The number of thiazole rings is 1. The number of hydrogen-bond acceptors (Lipinski definition) is 9. The number of aromatic nitrogens is 1. The van der Waals surface area contributed by atoms with Gasteiger partial charge in [0, 0.05) is 31.2 Å². The molecule has 0 bridgehead atoms. The Balaban J connectivity index is 0.00000119. The van der Waals surface area contributed by atoms with Crippen molar-refractivity contribution in [3.63, 3.8) is 0 Å². The maximum Gasteiger partial charge on any atom is 0.305 e. The van der Waals surface area contributed by atoms with E-state index in [0.29, 0.717) is 62.6 Å². The summed E-state index contributed by atoms with van der Waals surface area (Å²) in [5.74, 6) is 0.185. The minimum Gasteiger partial charge on any atom is -0.506 e. The highest BCUT2D eigenvalue weighted by Gasteiger charge is 2.15. The van der Waals surface area contributed by atoms with Gasteiger partial charge in [-0.05, 0) is 61.8 Å². The summed E-state index contributed by atoms with van der Waals surface area (Å²) in [6.07, 6.45) is 2.55. The molecule has 0 fully saturated rings. The molecule has 1 heterocycles. The number of rotatable bonds is 17. The number of H-pyrrole nitrogens is 1. The number of fused-ring (bicyclic) bond motifs is 1. The topological polar surface area (TPSA) is 152 Å². The lowest BCUT2D eigenvalue weighted by Gasteiger charge is -2.27. The fourth-order valence-corrected chi connectivity index (χ4v) is 5.41. The summed E-state index contributed by atoms with van der Waals surface area (Å²) >= 11 is 7.15. The van der Waals surface area contributed by atoms with Crippen LogP contribution in [0.4, 0.5) is 0 Å². The number of halogens is 1. The van der Waals surface area contributed by atoms with Crippen molar-refractivity contribution >= 4 is 49.2 Å². The number of amides is 1. The molecule has 14 heteroatoms. The molecule has 0 saturated carbocycles. The van der Waals surface area contributed by atoms with Crippen LogP contribution in [0.2, 0.25) is 5.02 Å². The highest BCUT2D eigenvalue weighted by atomic mass is 35.5. The smallest absolute Gasteiger partial charge is 0.305 e. The first-order chi connectivity index (χ1) is 20.4. The van der Waals surface area contributed by atoms with E-state index in [1.165, 1.54) is 0 Å². The number of hydrogen-bond donors (Lipinski definition) is 4. The van der Waals surface area contributed by atoms with E-state index in [1.807, 2.05) is 35.2 Å². The van der Waals surface area contributed by atoms with E-state index in [4.69, 9.17) is 20.9 Å². The highest BCUT2D eigenvalue weighted by Crippen LogP contribution is 2.27. The molecule has 43 heavy (non-hydrogen) atoms. The molecule has 1 aromatic heterocycles. The first kappa shape index (κ1) is 36.7. The second-order valence-corrected chi connectivity index (χ2v) is 12.7. The van der Waals surface area contributed by atoms with E-state index >= 15 is 0 Å². The maximum atomic E-state index is 13.0. The number of ether oxygens (including phenoxy) is 1. The van der Waals surface area contributed by atoms with Gasteiger partial charge in [0.05, 0.1) is 30.6 Å². The van der Waals surface area contributed by atoms with Crippen LogP contribution >= 0.6 is 22.9 Å². The van der Waals surface area contributed by atoms with Gasteiger partial charge in [0.2, 0.25) is 5.91 Å². The molecule has 0 spiro atoms. The predicted molar refractivity (Wildman–Crippen MR) is 173 cm³/mol. The third kappa shape index (κ3) is 14.7. The van der Waals surface area contributed by atoms with Crippen LogP contribution in [0, 0.1) is 0 Å². The van der Waals surface area contributed by atoms with Crippen molar-refractivity contribution < 1.29 is 27.6 Å². The first-order valence-electron chi connectivity index (χ1n) is 14.2. The molecule has 0 aliphatic carbocycles. The van der Waals surface area contributed by atoms with E-state index in [2.05, 4.69) is 29.0 Å². The lowest BCUT2D eigenvalue weighted by molar-refractivity contribution is -0.132. The third-order valence-electron chi connectivity index (χ3n) is 6.59. The molecule has 0 aliphatic rings. The average molecular weight is 659 g/mol. The van der Waals surface area contributed by atoms with E-state index in [1.54, 1.807) is 6.07 Å². The Morgan fingerprint density at radius 3 is 2.47 bits per heavy atom. The van der Waals surface area contributed by atoms with E-state index < -0.39 is 10.1 Å². The Labute approximate surface area is 262 Å². The summed E-state index contributed by atoms with van der Waals surface area (Å²) in [7, 11) is -3.67. The van der Waals surface area contributed by atoms with Gasteiger partial charge in [0.25, 0.3) is 10.1 Å². The van der Waals surface area contributed by atoms with Crippen molar-refractivity contribution in [1.29, 1.82) is 0 Å². The summed E-state index contributed by atoms with van der Waals surface area (Å²) in [5.41, 5.74) is 2.63. The molecule has 3 aromatic rings. The molecule has 0 aliphatic heterocycles. The Hall–Kier alpha value is -2.52. The van der Waals surface area contributed by atoms with Crippen molar-refractivity contribution in [1.82, 2.24) is 20.1 Å². The van der Waals surface area contributed by atoms with Crippen LogP contribution in [0.15, 0.2) is 41.2 Å². The van der Waals surface area contributed by atoms with Gasteiger partial charge in [-0.3, -0.25) is 14.1 Å². The van der Waals surface area contributed by atoms with Gasteiger partial charge in [-0.25, -0.2) is 0 Å². The number of carbonyl (C=O) groups excluding carboxylic acids is 1. The molecule has 4 N–H and O–H groups in total. The normalized spacial score (nSPS) is 11.5. The molecule has 0 atom stereocenters. The standard InChI is InChI=1S/C28H39ClN4O4S.CH4O3S/c1-3-32(4-2)16-17-33(25(35)12-19-37-18-11-21-6-5-7-23(29)20-21)15-14-30-13-10-22-8-9-24(34)26-27(22)38-28(36)31-26;1-5(2,3)4/h5-9,20,30,34H,3-4,10-19H2,1-2H3,(H,31,36);1H3,(H,2,3,4). The zero-order chi connectivity index (χ0) is 31.8. The lowest BCUT2D eigenvalue weighted by Crippen LogP contribution is -2.42. The van der Waals surface area contributed by atoms with Gasteiger partial charge in [-0.1, -0.05) is 55.0 Å². The van der Waals surface area contributed by atoms with Gasteiger partial charge in [0.1, 0.15) is 11.3 Å². The van der Waals surface area contributed by atoms with E-state index in [9.17, 15) is 23.1 Å². The molecule has 3 rings (SSSR count). The van der Waals surface area contributed by atoms with Crippen LogP contribution in [0.3, 0.4) is 0 Å². The van der Waals surface area contributed by atoms with Crippen molar-refractivity contribution in [2.45, 2.75) is 33.1 Å². The monoisotopic (exact) mass is 658 g/mol. The summed E-state index contributed by atoms with van der Waals surface area (Å²) in [6.45, 7) is 10.6. The lowest BCUT2D eigenvalue weighted by atomic mass is 10.1. The van der Waals surface area contributed by atoms with Gasteiger partial charge in [-0.15, -0.1) is 0 Å². The Bertz CT molecular complexity index is 1430. The molecule has 11 nitrogen and oxygen atoms in total. The van der Waals surface area contributed by atoms with E-state index in [-0.39, 0.29) is 16.5 Å². The van der Waals surface area contributed by atoms with Crippen molar-refractivity contribution in [3.05, 3.63) is 62.2 Å². The predicted octanol–water partition coefficient (Wildman–Crippen LogP) is 3.40. The number of aromatic hydroxyl groups is 1. The zero-order valence-corrected chi connectivity index (χ0v) is 27.4. The fraction of sp³-hybridized carbons (Fsp3) is 0.517. The number of likely N-dealkylation sites (N-methyl/N-ethyl adjacent to an activating group) is 1. The minimum atomic E-state index is -3.67. The van der Waals surface area contributed by atoms with Crippen LogP contribution in [-0.4, -0.2) is 104 Å². The quantitative estimate of drug-likeness (QED) is 0.126. The third-order valence-corrected chi connectivity index (χ3v) is 7.78. The fourth-order valence-electron chi connectivity index (χ4n) is 4.30. The number of phenolic OH excluding ortho intramolecular Hbond substituents is 1. The first-order valence-corrected chi connectivity index (χ1v) is 17.2. The molecule has 240 valence electrons. The summed E-state index contributed by atoms with van der Waals surface area (Å²) < 4.78 is 32.4. The minimum absolute atomic E-state index is 0.0888. The summed E-state index contributed by atoms with van der Waals surface area (Å²) in [4.78, 5) is 31.5. The number of benzene rings is 2. The number of phenols is 1. The Kier molecular flexibility index (Phi) is 16.2. The zero-order valence-electron chi connectivity index (χ0n) is 25.0. The van der Waals surface area contributed by atoms with Gasteiger partial charge in [-0.2, -0.15) is 8.42 Å². The van der Waals surface area contributed by atoms with Crippen LogP contribution in [0.1, 0.15) is 31.4 Å². The molecule has 2 aromatic carbocycles. The van der Waals surface area contributed by atoms with Crippen LogP contribution < -0.4 is 10.2 Å². The van der Waals surface area contributed by atoms with Crippen LogP contribution in [-0.2, 0) is 32.5 Å². The molecule has 0 radical (unpaired) electrons. The highest BCUT2D eigenvalue weighted by molar-refractivity contribution is 7.85. The number of aromatic amines is 1. The second kappa shape index (κ2) is 19.0. The Morgan fingerprint density at radius 1 is 1.07 bits per heavy atom. The van der Waals surface area contributed by atoms with Crippen molar-refractivity contribution in [2.24, 2.45) is 0 Å². The number of carbonyl (C=O) groups is 1. The molecule has 0 unspecified atom stereocenters. The van der Waals surface area contributed by atoms with E-state index in [0.717, 1.165) is 59.6 Å². The summed E-state index contributed by atoms with van der Waals surface area (Å²) in [5, 5.41) is 14.1. The molecule has 0 saturated heterocycles. The number of nitrogens with zero attached hydrogens (tertiary/aromatic N) is 2. The number of nitrogens with one attached hydrogen (secondary N) is 2. The Morgan fingerprint density at radius 2 is 1.79 bits per heavy atom. The molecule has 1 amide bonds. The van der Waals surface area contributed by atoms with Gasteiger partial charge in [0.15, 0.2) is 0 Å². The van der Waals surface area contributed by atoms with Gasteiger partial charge < -0.3 is 29.9 Å². The molecular weight excluding hydrogens is 616 g/mol. The summed E-state index contributed by atoms with van der Waals surface area (Å²) in [6, 6.07) is 11.2. The largest absolute Gasteiger partial charge is 0.506 e. The van der Waals surface area contributed by atoms with Crippen molar-refractivity contribution in [2.75, 3.05) is 65.3 Å². The van der Waals surface area contributed by atoms with Gasteiger partial charge >= 0.3 is 4.87 Å². The van der Waals surface area contributed by atoms with Crippen LogP contribution in [0.25, 0.3) is 10.2 Å².